The number of hydrogen-bond donors (Lipinski definition) is 0. The summed E-state index contributed by atoms with van der Waals surface area (Å²) in [6.45, 7) is 3.14. The molecular formula is C21H25F2N5O3. The molecule has 0 aliphatic carbocycles. The number of pyridine rings is 1. The third-order valence-corrected chi connectivity index (χ3v) is 7.41. The SMILES string of the molecule is CN1c2nc(OC[C@@]34CCCN3C[C@H](F)C4)nc3c(F)cnc(c23)OCCC12COC2. The van der Waals surface area contributed by atoms with Gasteiger partial charge in [-0.15, -0.1) is 0 Å². The van der Waals surface area contributed by atoms with Crippen molar-refractivity contribution in [1.82, 2.24) is 19.9 Å². The quantitative estimate of drug-likeness (QED) is 0.729. The Bertz CT molecular complexity index is 1040. The van der Waals surface area contributed by atoms with E-state index in [9.17, 15) is 8.78 Å². The maximum absolute atomic E-state index is 14.8. The van der Waals surface area contributed by atoms with Crippen molar-refractivity contribution in [2.45, 2.75) is 42.9 Å². The zero-order valence-corrected chi connectivity index (χ0v) is 17.4. The summed E-state index contributed by atoms with van der Waals surface area (Å²) in [5.74, 6) is 0.270. The number of aromatic nitrogens is 3. The molecule has 2 aromatic heterocycles. The Kier molecular flexibility index (Phi) is 4.27. The minimum absolute atomic E-state index is 0.0879. The van der Waals surface area contributed by atoms with E-state index in [1.165, 1.54) is 0 Å². The second kappa shape index (κ2) is 6.83. The van der Waals surface area contributed by atoms with Crippen LogP contribution in [0, 0.1) is 5.82 Å². The van der Waals surface area contributed by atoms with Crippen molar-refractivity contribution < 1.29 is 23.0 Å². The van der Waals surface area contributed by atoms with Gasteiger partial charge in [-0.1, -0.05) is 0 Å². The van der Waals surface area contributed by atoms with Gasteiger partial charge in [-0.05, 0) is 19.4 Å². The molecule has 0 bridgehead atoms. The fourth-order valence-corrected chi connectivity index (χ4v) is 5.51. The first-order valence-electron chi connectivity index (χ1n) is 10.8. The summed E-state index contributed by atoms with van der Waals surface area (Å²) < 4.78 is 46.3. The molecule has 10 heteroatoms. The highest BCUT2D eigenvalue weighted by atomic mass is 19.1. The summed E-state index contributed by atoms with van der Waals surface area (Å²) in [4.78, 5) is 17.3. The summed E-state index contributed by atoms with van der Waals surface area (Å²) in [6, 6.07) is 0.0879. The molecule has 0 radical (unpaired) electrons. The highest BCUT2D eigenvalue weighted by Crippen LogP contribution is 2.42. The fourth-order valence-electron chi connectivity index (χ4n) is 5.51. The van der Waals surface area contributed by atoms with E-state index in [0.29, 0.717) is 49.9 Å². The number of nitrogens with zero attached hydrogens (tertiary/aromatic N) is 5. The normalized spacial score (nSPS) is 29.4. The van der Waals surface area contributed by atoms with Crippen molar-refractivity contribution in [3.05, 3.63) is 12.0 Å². The van der Waals surface area contributed by atoms with Crippen LogP contribution in [0.2, 0.25) is 0 Å². The lowest BCUT2D eigenvalue weighted by molar-refractivity contribution is -0.0646. The van der Waals surface area contributed by atoms with Gasteiger partial charge in [-0.25, -0.2) is 13.8 Å². The van der Waals surface area contributed by atoms with Crippen LogP contribution >= 0.6 is 0 Å². The van der Waals surface area contributed by atoms with Crippen LogP contribution < -0.4 is 14.4 Å². The number of alkyl halides is 1. The van der Waals surface area contributed by atoms with Crippen molar-refractivity contribution in [1.29, 1.82) is 0 Å². The molecule has 0 saturated carbocycles. The minimum atomic E-state index is -0.845. The van der Waals surface area contributed by atoms with E-state index in [4.69, 9.17) is 14.2 Å². The second-order valence-electron chi connectivity index (χ2n) is 9.20. The number of ether oxygens (including phenoxy) is 3. The maximum atomic E-state index is 14.8. The molecule has 2 aromatic rings. The van der Waals surface area contributed by atoms with Crippen LogP contribution in [-0.4, -0.2) is 83.7 Å². The van der Waals surface area contributed by atoms with Crippen molar-refractivity contribution in [3.63, 3.8) is 0 Å². The monoisotopic (exact) mass is 433 g/mol. The van der Waals surface area contributed by atoms with Crippen molar-refractivity contribution >= 4 is 16.7 Å². The maximum Gasteiger partial charge on any atom is 0.319 e. The molecule has 6 heterocycles. The second-order valence-corrected chi connectivity index (χ2v) is 9.20. The average molecular weight is 433 g/mol. The molecule has 166 valence electrons. The van der Waals surface area contributed by atoms with Gasteiger partial charge >= 0.3 is 6.01 Å². The highest BCUT2D eigenvalue weighted by molar-refractivity contribution is 5.94. The lowest BCUT2D eigenvalue weighted by Crippen LogP contribution is -2.62. The fraction of sp³-hybridized carbons (Fsp3) is 0.667. The molecular weight excluding hydrogens is 408 g/mol. The zero-order chi connectivity index (χ0) is 21.2. The molecule has 0 aromatic carbocycles. The van der Waals surface area contributed by atoms with Crippen LogP contribution in [0.15, 0.2) is 6.20 Å². The smallest absolute Gasteiger partial charge is 0.319 e. The molecule has 0 N–H and O–H groups in total. The van der Waals surface area contributed by atoms with Crippen LogP contribution in [0.1, 0.15) is 25.7 Å². The number of halogens is 2. The van der Waals surface area contributed by atoms with Crippen LogP contribution in [0.3, 0.4) is 0 Å². The topological polar surface area (TPSA) is 72.8 Å². The van der Waals surface area contributed by atoms with Crippen molar-refractivity contribution in [2.75, 3.05) is 51.5 Å². The molecule has 31 heavy (non-hydrogen) atoms. The first-order chi connectivity index (χ1) is 15.0. The van der Waals surface area contributed by atoms with E-state index in [1.807, 2.05) is 11.9 Å². The Hall–Kier alpha value is -2.33. The lowest BCUT2D eigenvalue weighted by atomic mass is 9.91. The first kappa shape index (κ1) is 19.4. The van der Waals surface area contributed by atoms with Gasteiger partial charge < -0.3 is 19.1 Å². The van der Waals surface area contributed by atoms with Gasteiger partial charge in [0.25, 0.3) is 0 Å². The Morgan fingerprint density at radius 3 is 2.97 bits per heavy atom. The molecule has 3 fully saturated rings. The zero-order valence-electron chi connectivity index (χ0n) is 17.4. The van der Waals surface area contributed by atoms with E-state index in [1.54, 1.807) is 0 Å². The van der Waals surface area contributed by atoms with Crippen molar-refractivity contribution in [2.24, 2.45) is 0 Å². The largest absolute Gasteiger partial charge is 0.477 e. The van der Waals surface area contributed by atoms with Crippen LogP contribution in [-0.2, 0) is 4.74 Å². The summed E-state index contributed by atoms with van der Waals surface area (Å²) in [5.41, 5.74) is -0.482. The third-order valence-electron chi connectivity index (χ3n) is 7.41. The Labute approximate surface area is 178 Å². The molecule has 1 spiro atoms. The Morgan fingerprint density at radius 1 is 1.29 bits per heavy atom. The molecule has 0 amide bonds. The summed E-state index contributed by atoms with van der Waals surface area (Å²) in [7, 11) is 1.93. The van der Waals surface area contributed by atoms with Gasteiger partial charge in [0.2, 0.25) is 5.88 Å². The number of rotatable bonds is 3. The predicted octanol–water partition coefficient (Wildman–Crippen LogP) is 2.11. The van der Waals surface area contributed by atoms with Gasteiger partial charge in [-0.3, -0.25) is 4.90 Å². The summed E-state index contributed by atoms with van der Waals surface area (Å²) in [6.07, 6.45) is 3.35. The molecule has 8 nitrogen and oxygen atoms in total. The molecule has 6 rings (SSSR count). The number of anilines is 1. The number of fused-ring (bicyclic) bond motifs is 1. The van der Waals surface area contributed by atoms with Crippen LogP contribution in [0.25, 0.3) is 10.9 Å². The van der Waals surface area contributed by atoms with E-state index in [-0.39, 0.29) is 29.2 Å². The van der Waals surface area contributed by atoms with Crippen molar-refractivity contribution in [3.8, 4) is 11.9 Å². The van der Waals surface area contributed by atoms with E-state index >= 15 is 0 Å². The predicted molar refractivity (Wildman–Crippen MR) is 108 cm³/mol. The molecule has 3 saturated heterocycles. The van der Waals surface area contributed by atoms with Gasteiger partial charge in [0.1, 0.15) is 29.5 Å². The standard InChI is InChI=1S/C21H25F2N5O3/c1-27-17-15-16(14(23)8-24-18(15)30-6-4-21(27)10-29-11-21)25-19(26-17)31-12-20-3-2-5-28(20)9-13(22)7-20/h8,13H,2-7,9-12H2,1H3/t13-,20+/m1/s1. The lowest BCUT2D eigenvalue weighted by Gasteiger charge is -2.49. The molecule has 4 aliphatic rings. The molecule has 2 atom stereocenters. The van der Waals surface area contributed by atoms with Gasteiger partial charge in [0.15, 0.2) is 5.82 Å². The number of likely N-dealkylation sites (N-methyl/N-ethyl adjacent to an activating group) is 1. The Morgan fingerprint density at radius 2 is 2.16 bits per heavy atom. The van der Waals surface area contributed by atoms with Gasteiger partial charge in [-0.2, -0.15) is 9.97 Å². The van der Waals surface area contributed by atoms with Gasteiger partial charge in [0.05, 0.1) is 37.1 Å². The molecule has 4 aliphatic heterocycles. The van der Waals surface area contributed by atoms with Crippen LogP contribution in [0.4, 0.5) is 14.6 Å². The van der Waals surface area contributed by atoms with E-state index in [0.717, 1.165) is 32.0 Å². The minimum Gasteiger partial charge on any atom is -0.477 e. The van der Waals surface area contributed by atoms with E-state index in [2.05, 4.69) is 19.9 Å². The van der Waals surface area contributed by atoms with E-state index < -0.39 is 12.0 Å². The van der Waals surface area contributed by atoms with Gasteiger partial charge in [0, 0.05) is 26.4 Å². The summed E-state index contributed by atoms with van der Waals surface area (Å²) in [5, 5.41) is 0.436. The highest BCUT2D eigenvalue weighted by Gasteiger charge is 2.50. The molecule has 0 unspecified atom stereocenters. The Balaban J connectivity index is 1.40. The first-order valence-corrected chi connectivity index (χ1v) is 10.8. The van der Waals surface area contributed by atoms with Crippen LogP contribution in [0.5, 0.6) is 11.9 Å². The summed E-state index contributed by atoms with van der Waals surface area (Å²) >= 11 is 0. The number of hydrogen-bond acceptors (Lipinski definition) is 8. The average Bonchev–Trinajstić information content (AvgIpc) is 3.24. The third kappa shape index (κ3) is 2.87.